The third-order valence-corrected chi connectivity index (χ3v) is 3.59. The van der Waals surface area contributed by atoms with E-state index in [-0.39, 0.29) is 18.4 Å². The summed E-state index contributed by atoms with van der Waals surface area (Å²) in [6.45, 7) is 1.72. The smallest absolute Gasteiger partial charge is 0.317 e. The Morgan fingerprint density at radius 1 is 1.43 bits per heavy atom. The molecule has 0 radical (unpaired) electrons. The van der Waals surface area contributed by atoms with Crippen molar-refractivity contribution in [2.24, 2.45) is 5.92 Å². The summed E-state index contributed by atoms with van der Waals surface area (Å²) < 4.78 is 13.2. The highest BCUT2D eigenvalue weighted by atomic mass is 19.1. The lowest BCUT2D eigenvalue weighted by Crippen LogP contribution is -2.43. The monoisotopic (exact) mass is 294 g/mol. The second kappa shape index (κ2) is 7.17. The zero-order valence-corrected chi connectivity index (χ0v) is 11.7. The number of piperidine rings is 1. The van der Waals surface area contributed by atoms with Crippen molar-refractivity contribution in [1.82, 2.24) is 10.2 Å². The zero-order chi connectivity index (χ0) is 15.2. The number of aliphatic carboxylic acids is 1. The van der Waals surface area contributed by atoms with E-state index >= 15 is 0 Å². The van der Waals surface area contributed by atoms with Crippen molar-refractivity contribution < 1.29 is 19.1 Å². The lowest BCUT2D eigenvalue weighted by Gasteiger charge is -2.33. The molecular formula is C15H19FN2O3. The number of likely N-dealkylation sites (tertiary alicyclic amines) is 1. The molecule has 0 bridgehead atoms. The number of hydrogen-bond donors (Lipinski definition) is 2. The quantitative estimate of drug-likeness (QED) is 0.860. The Morgan fingerprint density at radius 3 is 2.95 bits per heavy atom. The van der Waals surface area contributed by atoms with E-state index in [9.17, 15) is 14.0 Å². The lowest BCUT2D eigenvalue weighted by atomic mass is 9.97. The van der Waals surface area contributed by atoms with Gasteiger partial charge in [0, 0.05) is 25.2 Å². The number of carboxylic acids is 1. The molecule has 1 fully saturated rings. The van der Waals surface area contributed by atoms with E-state index in [1.165, 1.54) is 18.2 Å². The predicted octanol–water partition coefficient (Wildman–Crippen LogP) is 1.35. The van der Waals surface area contributed by atoms with Crippen molar-refractivity contribution >= 4 is 11.9 Å². The van der Waals surface area contributed by atoms with Crippen LogP contribution in [0.3, 0.4) is 0 Å². The normalized spacial score (nSPS) is 18.5. The Balaban J connectivity index is 1.91. The van der Waals surface area contributed by atoms with Crippen LogP contribution >= 0.6 is 0 Å². The fourth-order valence-corrected chi connectivity index (χ4v) is 2.60. The Hall–Kier alpha value is -1.95. The summed E-state index contributed by atoms with van der Waals surface area (Å²) in [6, 6.07) is 5.69. The largest absolute Gasteiger partial charge is 0.480 e. The molecule has 0 saturated carbocycles. The topological polar surface area (TPSA) is 69.6 Å². The minimum atomic E-state index is -0.890. The zero-order valence-electron chi connectivity index (χ0n) is 11.7. The number of rotatable bonds is 5. The molecule has 1 atom stereocenters. The van der Waals surface area contributed by atoms with E-state index in [2.05, 4.69) is 5.32 Å². The van der Waals surface area contributed by atoms with Crippen molar-refractivity contribution in [2.45, 2.75) is 12.8 Å². The highest BCUT2D eigenvalue weighted by Crippen LogP contribution is 2.18. The van der Waals surface area contributed by atoms with E-state index < -0.39 is 11.8 Å². The van der Waals surface area contributed by atoms with Crippen LogP contribution in [0.2, 0.25) is 0 Å². The molecular weight excluding hydrogens is 275 g/mol. The van der Waals surface area contributed by atoms with Crippen LogP contribution < -0.4 is 5.32 Å². The maximum Gasteiger partial charge on any atom is 0.317 e. The molecule has 1 aromatic carbocycles. The van der Waals surface area contributed by atoms with Crippen LogP contribution in [-0.4, -0.2) is 48.1 Å². The molecule has 21 heavy (non-hydrogen) atoms. The van der Waals surface area contributed by atoms with Crippen LogP contribution in [0.4, 0.5) is 4.39 Å². The van der Waals surface area contributed by atoms with E-state index in [1.54, 1.807) is 11.0 Å². The molecule has 1 unspecified atom stereocenters. The molecule has 0 spiro atoms. The summed E-state index contributed by atoms with van der Waals surface area (Å²) >= 11 is 0. The SMILES string of the molecule is O=C(O)CNCC1CCCN(C(=O)c2cccc(F)c2)C1. The van der Waals surface area contributed by atoms with E-state index in [0.717, 1.165) is 12.8 Å². The average Bonchev–Trinajstić information content (AvgIpc) is 2.46. The maximum atomic E-state index is 13.2. The van der Waals surface area contributed by atoms with Crippen LogP contribution in [0, 0.1) is 11.7 Å². The van der Waals surface area contributed by atoms with Gasteiger partial charge in [-0.3, -0.25) is 9.59 Å². The van der Waals surface area contributed by atoms with Gasteiger partial charge in [-0.05, 0) is 37.0 Å². The van der Waals surface area contributed by atoms with Crippen molar-refractivity contribution in [3.8, 4) is 0 Å². The average molecular weight is 294 g/mol. The van der Waals surface area contributed by atoms with Gasteiger partial charge in [0.15, 0.2) is 0 Å². The molecule has 1 saturated heterocycles. The van der Waals surface area contributed by atoms with E-state index in [4.69, 9.17) is 5.11 Å². The van der Waals surface area contributed by atoms with Crippen molar-refractivity contribution in [3.63, 3.8) is 0 Å². The number of carbonyl (C=O) groups excluding carboxylic acids is 1. The number of nitrogens with zero attached hydrogens (tertiary/aromatic N) is 1. The Bertz CT molecular complexity index is 521. The number of amides is 1. The maximum absolute atomic E-state index is 13.2. The summed E-state index contributed by atoms with van der Waals surface area (Å²) in [7, 11) is 0. The number of halogens is 1. The third-order valence-electron chi connectivity index (χ3n) is 3.59. The van der Waals surface area contributed by atoms with Gasteiger partial charge in [-0.25, -0.2) is 4.39 Å². The minimum absolute atomic E-state index is 0.0751. The molecule has 1 aromatic rings. The van der Waals surface area contributed by atoms with Gasteiger partial charge in [0.1, 0.15) is 5.82 Å². The molecule has 6 heteroatoms. The molecule has 114 valence electrons. The molecule has 1 aliphatic heterocycles. The van der Waals surface area contributed by atoms with E-state index in [1.807, 2.05) is 0 Å². The molecule has 2 rings (SSSR count). The van der Waals surface area contributed by atoms with Crippen LogP contribution in [0.25, 0.3) is 0 Å². The van der Waals surface area contributed by atoms with Gasteiger partial charge < -0.3 is 15.3 Å². The van der Waals surface area contributed by atoms with Crippen LogP contribution in [-0.2, 0) is 4.79 Å². The molecule has 1 heterocycles. The second-order valence-electron chi connectivity index (χ2n) is 5.29. The summed E-state index contributed by atoms with van der Waals surface area (Å²) in [5, 5.41) is 11.5. The Kier molecular flexibility index (Phi) is 5.27. The predicted molar refractivity (Wildman–Crippen MR) is 75.5 cm³/mol. The van der Waals surface area contributed by atoms with Gasteiger partial charge in [0.05, 0.1) is 6.54 Å². The summed E-state index contributed by atoms with van der Waals surface area (Å²) in [5.74, 6) is -1.25. The van der Waals surface area contributed by atoms with Gasteiger partial charge in [0.2, 0.25) is 0 Å². The number of benzene rings is 1. The Labute approximate surface area is 122 Å². The lowest BCUT2D eigenvalue weighted by molar-refractivity contribution is -0.136. The molecule has 2 N–H and O–H groups in total. The van der Waals surface area contributed by atoms with Crippen molar-refractivity contribution in [3.05, 3.63) is 35.6 Å². The molecule has 1 aliphatic rings. The first-order valence-corrected chi connectivity index (χ1v) is 7.03. The molecule has 5 nitrogen and oxygen atoms in total. The third kappa shape index (κ3) is 4.53. The fraction of sp³-hybridized carbons (Fsp3) is 0.467. The summed E-state index contributed by atoms with van der Waals surface area (Å²) in [5.41, 5.74) is 0.356. The number of carbonyl (C=O) groups is 2. The summed E-state index contributed by atoms with van der Waals surface area (Å²) in [4.78, 5) is 24.5. The summed E-state index contributed by atoms with van der Waals surface area (Å²) in [6.07, 6.45) is 1.83. The first-order chi connectivity index (χ1) is 10.1. The minimum Gasteiger partial charge on any atom is -0.480 e. The van der Waals surface area contributed by atoms with Crippen LogP contribution in [0.15, 0.2) is 24.3 Å². The van der Waals surface area contributed by atoms with Gasteiger partial charge in [0.25, 0.3) is 5.91 Å². The first kappa shape index (κ1) is 15.4. The van der Waals surface area contributed by atoms with Gasteiger partial charge in [-0.15, -0.1) is 0 Å². The van der Waals surface area contributed by atoms with Gasteiger partial charge in [-0.2, -0.15) is 0 Å². The van der Waals surface area contributed by atoms with Gasteiger partial charge >= 0.3 is 5.97 Å². The fourth-order valence-electron chi connectivity index (χ4n) is 2.60. The standard InChI is InChI=1S/C15H19FN2O3/c16-13-5-1-4-12(7-13)15(21)18-6-2-3-11(10-18)8-17-9-14(19)20/h1,4-5,7,11,17H,2-3,6,8-10H2,(H,19,20). The molecule has 0 aromatic heterocycles. The number of nitrogens with one attached hydrogen (secondary N) is 1. The Morgan fingerprint density at radius 2 is 2.24 bits per heavy atom. The van der Waals surface area contributed by atoms with E-state index in [0.29, 0.717) is 25.2 Å². The number of carboxylic acid groups (broad SMARTS) is 1. The van der Waals surface area contributed by atoms with Crippen LogP contribution in [0.5, 0.6) is 0 Å². The highest BCUT2D eigenvalue weighted by Gasteiger charge is 2.24. The van der Waals surface area contributed by atoms with Crippen LogP contribution in [0.1, 0.15) is 23.2 Å². The number of hydrogen-bond acceptors (Lipinski definition) is 3. The highest BCUT2D eigenvalue weighted by molar-refractivity contribution is 5.94. The second-order valence-corrected chi connectivity index (χ2v) is 5.29. The van der Waals surface area contributed by atoms with Gasteiger partial charge in [-0.1, -0.05) is 6.07 Å². The van der Waals surface area contributed by atoms with Crippen molar-refractivity contribution in [1.29, 1.82) is 0 Å². The molecule has 1 amide bonds. The first-order valence-electron chi connectivity index (χ1n) is 7.03. The van der Waals surface area contributed by atoms with Crippen molar-refractivity contribution in [2.75, 3.05) is 26.2 Å². The molecule has 0 aliphatic carbocycles.